The molecule has 0 N–H and O–H groups in total. The number of rotatable bonds is 2. The van der Waals surface area contributed by atoms with Gasteiger partial charge in [0.05, 0.1) is 6.07 Å². The average Bonchev–Trinajstić information content (AvgIpc) is 1.64. The van der Waals surface area contributed by atoms with Crippen molar-refractivity contribution < 1.29 is 12.9 Å². The minimum absolute atomic E-state index is 0.622. The molecule has 0 aromatic rings. The smallest absolute Gasteiger partial charge is 0.445 e. The highest BCUT2D eigenvalue weighted by atomic mass is 19.4. The zero-order valence-corrected chi connectivity index (χ0v) is 4.57. The number of halogens is 3. The van der Waals surface area contributed by atoms with Crippen molar-refractivity contribution in [2.24, 2.45) is 0 Å². The lowest BCUT2D eigenvalue weighted by molar-refractivity contribution is 0.488. The monoisotopic (exact) mass is 134 g/mol. The number of hydrogen-bond acceptors (Lipinski definition) is 1. The Hall–Kier alpha value is -0.915. The second-order valence-electron chi connectivity index (χ2n) is 1.57. The Balaban J connectivity index is 3.93. The Morgan fingerprint density at radius 3 is 2.11 bits per heavy atom. The summed E-state index contributed by atoms with van der Waals surface area (Å²) in [6.07, 6.45) is -0.622. The van der Waals surface area contributed by atoms with Crippen LogP contribution in [0.25, 0.3) is 0 Å². The lowest BCUT2D eigenvalue weighted by Crippen LogP contribution is -2.17. The molecular formula is C4H4BF3N-. The second-order valence-corrected chi connectivity index (χ2v) is 1.57. The Morgan fingerprint density at radius 1 is 1.56 bits per heavy atom. The van der Waals surface area contributed by atoms with Crippen molar-refractivity contribution in [2.45, 2.75) is 6.42 Å². The molecule has 0 atom stereocenters. The molecule has 0 aliphatic rings. The van der Waals surface area contributed by atoms with Crippen LogP contribution in [0.1, 0.15) is 6.42 Å². The maximum Gasteiger partial charge on any atom is 0.506 e. The first-order valence-electron chi connectivity index (χ1n) is 2.23. The van der Waals surface area contributed by atoms with Crippen LogP contribution >= 0.6 is 0 Å². The lowest BCUT2D eigenvalue weighted by atomic mass is 9.79. The van der Waals surface area contributed by atoms with Gasteiger partial charge in [-0.25, -0.2) is 0 Å². The van der Waals surface area contributed by atoms with Crippen LogP contribution in [0.4, 0.5) is 12.9 Å². The van der Waals surface area contributed by atoms with Gasteiger partial charge in [0.15, 0.2) is 0 Å². The van der Waals surface area contributed by atoms with E-state index in [2.05, 4.69) is 6.58 Å². The van der Waals surface area contributed by atoms with E-state index in [9.17, 15) is 12.9 Å². The summed E-state index contributed by atoms with van der Waals surface area (Å²) in [4.78, 5) is 0. The van der Waals surface area contributed by atoms with Gasteiger partial charge in [0.1, 0.15) is 0 Å². The average molecular weight is 134 g/mol. The van der Waals surface area contributed by atoms with Crippen LogP contribution < -0.4 is 0 Å². The predicted molar refractivity (Wildman–Crippen MR) is 28.4 cm³/mol. The van der Waals surface area contributed by atoms with Gasteiger partial charge in [-0.1, -0.05) is 0 Å². The van der Waals surface area contributed by atoms with Crippen LogP contribution in [0.2, 0.25) is 0 Å². The number of hydrogen-bond donors (Lipinski definition) is 0. The zero-order chi connectivity index (χ0) is 7.49. The van der Waals surface area contributed by atoms with Crippen LogP contribution in [-0.4, -0.2) is 6.98 Å². The van der Waals surface area contributed by atoms with Crippen molar-refractivity contribution in [1.29, 1.82) is 5.26 Å². The van der Waals surface area contributed by atoms with Crippen LogP contribution in [0.15, 0.2) is 12.1 Å². The predicted octanol–water partition coefficient (Wildman–Crippen LogP) is 1.84. The first-order chi connectivity index (χ1) is 3.98. The molecule has 0 radical (unpaired) electrons. The molecule has 5 heteroatoms. The molecule has 0 aliphatic carbocycles. The molecular weight excluding hydrogens is 130 g/mol. The summed E-state index contributed by atoms with van der Waals surface area (Å²) < 4.78 is 34.3. The van der Waals surface area contributed by atoms with Gasteiger partial charge in [-0.3, -0.25) is 0 Å². The quantitative estimate of drug-likeness (QED) is 0.528. The van der Waals surface area contributed by atoms with Gasteiger partial charge in [-0.15, -0.1) is 12.1 Å². The molecule has 0 heterocycles. The van der Waals surface area contributed by atoms with E-state index in [1.54, 1.807) is 0 Å². The summed E-state index contributed by atoms with van der Waals surface area (Å²) in [5.74, 6) is 0. The molecule has 0 rings (SSSR count). The third-order valence-electron chi connectivity index (χ3n) is 0.769. The molecule has 0 aromatic carbocycles. The van der Waals surface area contributed by atoms with Crippen LogP contribution in [-0.2, 0) is 0 Å². The summed E-state index contributed by atoms with van der Waals surface area (Å²) in [5.41, 5.74) is -0.933. The van der Waals surface area contributed by atoms with Crippen molar-refractivity contribution in [1.82, 2.24) is 0 Å². The third-order valence-corrected chi connectivity index (χ3v) is 0.769. The highest BCUT2D eigenvalue weighted by Gasteiger charge is 2.25. The van der Waals surface area contributed by atoms with Crippen molar-refractivity contribution >= 4 is 6.98 Å². The van der Waals surface area contributed by atoms with Crippen LogP contribution in [0, 0.1) is 11.3 Å². The van der Waals surface area contributed by atoms with E-state index in [-0.39, 0.29) is 0 Å². The van der Waals surface area contributed by atoms with Gasteiger partial charge < -0.3 is 12.9 Å². The molecule has 0 aromatic heterocycles. The highest BCUT2D eigenvalue weighted by Crippen LogP contribution is 2.19. The van der Waals surface area contributed by atoms with E-state index in [4.69, 9.17) is 5.26 Å². The minimum atomic E-state index is -4.99. The van der Waals surface area contributed by atoms with E-state index in [1.807, 2.05) is 0 Å². The summed E-state index contributed by atoms with van der Waals surface area (Å²) >= 11 is 0. The van der Waals surface area contributed by atoms with Gasteiger partial charge in [-0.2, -0.15) is 5.26 Å². The molecule has 0 saturated carbocycles. The Kier molecular flexibility index (Phi) is 2.32. The minimum Gasteiger partial charge on any atom is -0.445 e. The van der Waals surface area contributed by atoms with E-state index >= 15 is 0 Å². The second kappa shape index (κ2) is 2.58. The number of allylic oxidation sites excluding steroid dienone is 1. The molecule has 50 valence electrons. The van der Waals surface area contributed by atoms with E-state index in [1.165, 1.54) is 6.07 Å². The van der Waals surface area contributed by atoms with Gasteiger partial charge in [-0.05, 0) is 0 Å². The molecule has 0 saturated heterocycles. The van der Waals surface area contributed by atoms with Crippen molar-refractivity contribution in [3.63, 3.8) is 0 Å². The van der Waals surface area contributed by atoms with E-state index < -0.39 is 18.9 Å². The van der Waals surface area contributed by atoms with E-state index in [0.717, 1.165) is 0 Å². The molecule has 9 heavy (non-hydrogen) atoms. The van der Waals surface area contributed by atoms with Gasteiger partial charge in [0, 0.05) is 6.42 Å². The fourth-order valence-electron chi connectivity index (χ4n) is 0.217. The van der Waals surface area contributed by atoms with Crippen LogP contribution in [0.3, 0.4) is 0 Å². The van der Waals surface area contributed by atoms with Gasteiger partial charge >= 0.3 is 6.98 Å². The van der Waals surface area contributed by atoms with Crippen LogP contribution in [0.5, 0.6) is 0 Å². The fourth-order valence-corrected chi connectivity index (χ4v) is 0.217. The summed E-state index contributed by atoms with van der Waals surface area (Å²) in [5, 5.41) is 7.80. The van der Waals surface area contributed by atoms with Crippen molar-refractivity contribution in [3.8, 4) is 6.07 Å². The highest BCUT2D eigenvalue weighted by molar-refractivity contribution is 6.66. The summed E-state index contributed by atoms with van der Waals surface area (Å²) in [7, 11) is 0. The molecule has 0 amide bonds. The maximum absolute atomic E-state index is 11.4. The number of nitriles is 1. The molecule has 0 unspecified atom stereocenters. The molecule has 1 nitrogen and oxygen atoms in total. The first kappa shape index (κ1) is 8.08. The summed E-state index contributed by atoms with van der Waals surface area (Å²) in [6, 6.07) is 1.37. The number of nitrogens with zero attached hydrogens (tertiary/aromatic N) is 1. The van der Waals surface area contributed by atoms with Crippen molar-refractivity contribution in [3.05, 3.63) is 12.1 Å². The SMILES string of the molecule is C=C(CC#N)[B-](F)(F)F. The Bertz CT molecular complexity index is 154. The van der Waals surface area contributed by atoms with Gasteiger partial charge in [0.2, 0.25) is 0 Å². The normalized spacial score (nSPS) is 10.4. The standard InChI is InChI=1S/C4H4BF3N/c1-4(2-3-9)5(6,7)8/h1-2H2/q-1. The molecule has 0 spiro atoms. The third kappa shape index (κ3) is 2.80. The van der Waals surface area contributed by atoms with Crippen molar-refractivity contribution in [2.75, 3.05) is 0 Å². The lowest BCUT2D eigenvalue weighted by Gasteiger charge is -2.13. The fraction of sp³-hybridized carbons (Fsp3) is 0.250. The van der Waals surface area contributed by atoms with Gasteiger partial charge in [0.25, 0.3) is 0 Å². The molecule has 0 bridgehead atoms. The largest absolute Gasteiger partial charge is 0.506 e. The van der Waals surface area contributed by atoms with E-state index in [0.29, 0.717) is 0 Å². The Labute approximate surface area is 50.8 Å². The zero-order valence-electron chi connectivity index (χ0n) is 4.57. The topological polar surface area (TPSA) is 23.8 Å². The molecule has 0 fully saturated rings. The maximum atomic E-state index is 11.4. The Morgan fingerprint density at radius 2 is 2.00 bits per heavy atom. The molecule has 0 aliphatic heterocycles. The first-order valence-corrected chi connectivity index (χ1v) is 2.23. The summed E-state index contributed by atoms with van der Waals surface area (Å²) in [6.45, 7) is -2.29.